The molecule has 2 atom stereocenters. The Balaban J connectivity index is 2.16. The first-order chi connectivity index (χ1) is 6.19. The van der Waals surface area contributed by atoms with Crippen LogP contribution in [0.3, 0.4) is 0 Å². The van der Waals surface area contributed by atoms with Gasteiger partial charge in [0.2, 0.25) is 0 Å². The van der Waals surface area contributed by atoms with Crippen LogP contribution in [0, 0.1) is 17.3 Å². The zero-order valence-electron chi connectivity index (χ0n) is 7.88. The Kier molecular flexibility index (Phi) is 1.99. The Morgan fingerprint density at radius 3 is 2.54 bits per heavy atom. The number of hydrogen-bond donors (Lipinski definition) is 1. The number of carbonyl (C=O) groups excluding carboxylic acids is 2. The Morgan fingerprint density at radius 2 is 2.15 bits per heavy atom. The average Bonchev–Trinajstić information content (AvgIpc) is 2.14. The standard InChI is InChI=1S/C10H15NO2/c1-7(13)3-10(6-12)8-2-9(10)5-11-4-8/h6,8-9,11H,2-5H2,1H3. The summed E-state index contributed by atoms with van der Waals surface area (Å²) in [6.45, 7) is 3.39. The third-order valence-electron chi connectivity index (χ3n) is 3.65. The summed E-state index contributed by atoms with van der Waals surface area (Å²) in [5.41, 5.74) is -0.295. The van der Waals surface area contributed by atoms with Gasteiger partial charge in [-0.1, -0.05) is 0 Å². The van der Waals surface area contributed by atoms with Crippen LogP contribution in [0.25, 0.3) is 0 Å². The third-order valence-corrected chi connectivity index (χ3v) is 3.65. The van der Waals surface area contributed by atoms with Crippen molar-refractivity contribution in [1.29, 1.82) is 0 Å². The van der Waals surface area contributed by atoms with Crippen molar-refractivity contribution in [2.45, 2.75) is 19.8 Å². The van der Waals surface area contributed by atoms with E-state index in [4.69, 9.17) is 0 Å². The topological polar surface area (TPSA) is 46.2 Å². The van der Waals surface area contributed by atoms with Gasteiger partial charge in [-0.3, -0.25) is 4.79 Å². The van der Waals surface area contributed by atoms with Crippen LogP contribution in [0.15, 0.2) is 0 Å². The molecule has 3 fully saturated rings. The second kappa shape index (κ2) is 2.91. The van der Waals surface area contributed by atoms with Gasteiger partial charge in [0.05, 0.1) is 0 Å². The van der Waals surface area contributed by atoms with E-state index in [1.165, 1.54) is 0 Å². The summed E-state index contributed by atoms with van der Waals surface area (Å²) in [6.07, 6.45) is 2.61. The summed E-state index contributed by atoms with van der Waals surface area (Å²) in [7, 11) is 0. The monoisotopic (exact) mass is 181 g/mol. The van der Waals surface area contributed by atoms with Gasteiger partial charge >= 0.3 is 0 Å². The largest absolute Gasteiger partial charge is 0.316 e. The van der Waals surface area contributed by atoms with Crippen molar-refractivity contribution in [3.05, 3.63) is 0 Å². The Bertz CT molecular complexity index is 235. The number of fused-ring (bicyclic) bond motifs is 2. The lowest BCUT2D eigenvalue weighted by atomic mass is 9.50. The summed E-state index contributed by atoms with van der Waals surface area (Å²) in [5.74, 6) is 0.962. The van der Waals surface area contributed by atoms with Gasteiger partial charge in [-0.15, -0.1) is 0 Å². The molecule has 0 spiro atoms. The molecule has 2 heterocycles. The fraction of sp³-hybridized carbons (Fsp3) is 0.800. The van der Waals surface area contributed by atoms with Gasteiger partial charge in [0.25, 0.3) is 0 Å². The molecule has 3 aliphatic rings. The quantitative estimate of drug-likeness (QED) is 0.641. The van der Waals surface area contributed by atoms with E-state index in [2.05, 4.69) is 5.32 Å². The van der Waals surface area contributed by atoms with Gasteiger partial charge in [0, 0.05) is 11.8 Å². The predicted molar refractivity (Wildman–Crippen MR) is 48.3 cm³/mol. The zero-order chi connectivity index (χ0) is 9.47. The first-order valence-corrected chi connectivity index (χ1v) is 4.85. The van der Waals surface area contributed by atoms with Gasteiger partial charge in [-0.25, -0.2) is 0 Å². The molecule has 2 aliphatic heterocycles. The summed E-state index contributed by atoms with van der Waals surface area (Å²) < 4.78 is 0. The molecule has 1 N–H and O–H groups in total. The van der Waals surface area contributed by atoms with E-state index in [1.807, 2.05) is 0 Å². The number of piperidine rings is 2. The lowest BCUT2D eigenvalue weighted by molar-refractivity contribution is -0.148. The molecule has 0 aromatic carbocycles. The predicted octanol–water partition coefficient (Wildman–Crippen LogP) is 0.390. The van der Waals surface area contributed by atoms with Crippen LogP contribution in [-0.2, 0) is 9.59 Å². The molecular formula is C10H15NO2. The molecule has 0 amide bonds. The molecule has 2 unspecified atom stereocenters. The molecule has 72 valence electrons. The van der Waals surface area contributed by atoms with Crippen molar-refractivity contribution in [3.63, 3.8) is 0 Å². The lowest BCUT2D eigenvalue weighted by Crippen LogP contribution is -2.62. The highest BCUT2D eigenvalue weighted by Crippen LogP contribution is 2.54. The zero-order valence-corrected chi connectivity index (χ0v) is 7.88. The normalized spacial score (nSPS) is 42.2. The molecule has 2 saturated heterocycles. The number of hydrogen-bond acceptors (Lipinski definition) is 3. The highest BCUT2D eigenvalue weighted by Gasteiger charge is 2.56. The number of aldehydes is 1. The first-order valence-electron chi connectivity index (χ1n) is 4.85. The summed E-state index contributed by atoms with van der Waals surface area (Å²) in [6, 6.07) is 0. The van der Waals surface area contributed by atoms with Gasteiger partial charge in [0.1, 0.15) is 12.1 Å². The van der Waals surface area contributed by atoms with E-state index in [9.17, 15) is 9.59 Å². The second-order valence-electron chi connectivity index (χ2n) is 4.40. The van der Waals surface area contributed by atoms with Crippen LogP contribution in [0.4, 0.5) is 0 Å². The van der Waals surface area contributed by atoms with Crippen molar-refractivity contribution < 1.29 is 9.59 Å². The number of carbonyl (C=O) groups is 2. The maximum absolute atomic E-state index is 11.1. The minimum Gasteiger partial charge on any atom is -0.316 e. The minimum absolute atomic E-state index is 0.142. The Morgan fingerprint density at radius 1 is 1.54 bits per heavy atom. The van der Waals surface area contributed by atoms with Crippen LogP contribution in [0.1, 0.15) is 19.8 Å². The van der Waals surface area contributed by atoms with E-state index in [-0.39, 0.29) is 11.2 Å². The summed E-state index contributed by atoms with van der Waals surface area (Å²) in [5, 5.41) is 3.28. The number of rotatable bonds is 3. The molecule has 3 rings (SSSR count). The van der Waals surface area contributed by atoms with Crippen LogP contribution in [-0.4, -0.2) is 25.2 Å². The van der Waals surface area contributed by atoms with Crippen molar-refractivity contribution in [3.8, 4) is 0 Å². The van der Waals surface area contributed by atoms with Gasteiger partial charge in [-0.2, -0.15) is 0 Å². The van der Waals surface area contributed by atoms with Crippen molar-refractivity contribution >= 4 is 12.1 Å². The molecule has 3 heteroatoms. The maximum Gasteiger partial charge on any atom is 0.130 e. The molecule has 13 heavy (non-hydrogen) atoms. The Hall–Kier alpha value is -0.700. The van der Waals surface area contributed by atoms with Gasteiger partial charge in [0.15, 0.2) is 0 Å². The van der Waals surface area contributed by atoms with Gasteiger partial charge < -0.3 is 10.1 Å². The molecule has 1 aliphatic carbocycles. The fourth-order valence-corrected chi connectivity index (χ4v) is 2.89. The highest BCUT2D eigenvalue weighted by molar-refractivity contribution is 5.81. The van der Waals surface area contributed by atoms with Crippen LogP contribution < -0.4 is 5.32 Å². The number of nitrogens with one attached hydrogen (secondary N) is 1. The first kappa shape index (κ1) is 8.88. The molecular weight excluding hydrogens is 166 g/mol. The fourth-order valence-electron chi connectivity index (χ4n) is 2.89. The van der Waals surface area contributed by atoms with Crippen LogP contribution in [0.5, 0.6) is 0 Å². The molecule has 3 nitrogen and oxygen atoms in total. The second-order valence-corrected chi connectivity index (χ2v) is 4.40. The molecule has 2 bridgehead atoms. The van der Waals surface area contributed by atoms with E-state index in [1.54, 1.807) is 6.92 Å². The SMILES string of the molecule is CC(=O)CC1(C=O)C2CNCC1C2. The summed E-state index contributed by atoms with van der Waals surface area (Å²) in [4.78, 5) is 22.1. The smallest absolute Gasteiger partial charge is 0.130 e. The van der Waals surface area contributed by atoms with E-state index < -0.39 is 0 Å². The lowest BCUT2D eigenvalue weighted by Gasteiger charge is -2.56. The minimum atomic E-state index is -0.295. The van der Waals surface area contributed by atoms with E-state index >= 15 is 0 Å². The van der Waals surface area contributed by atoms with E-state index in [0.717, 1.165) is 25.8 Å². The van der Waals surface area contributed by atoms with Gasteiger partial charge in [-0.05, 0) is 38.3 Å². The maximum atomic E-state index is 11.1. The number of Topliss-reactive ketones (excluding diaryl/α,β-unsaturated/α-hetero) is 1. The number of ketones is 1. The van der Waals surface area contributed by atoms with Crippen molar-refractivity contribution in [2.24, 2.45) is 17.3 Å². The molecule has 0 aromatic heterocycles. The van der Waals surface area contributed by atoms with Crippen molar-refractivity contribution in [1.82, 2.24) is 5.32 Å². The van der Waals surface area contributed by atoms with Crippen LogP contribution >= 0.6 is 0 Å². The Labute approximate surface area is 77.9 Å². The average molecular weight is 181 g/mol. The molecule has 0 aromatic rings. The highest BCUT2D eigenvalue weighted by atomic mass is 16.1. The van der Waals surface area contributed by atoms with E-state index in [0.29, 0.717) is 18.3 Å². The van der Waals surface area contributed by atoms with Crippen LogP contribution in [0.2, 0.25) is 0 Å². The molecule has 1 saturated carbocycles. The molecule has 0 radical (unpaired) electrons. The van der Waals surface area contributed by atoms with Crippen molar-refractivity contribution in [2.75, 3.05) is 13.1 Å². The summed E-state index contributed by atoms with van der Waals surface area (Å²) >= 11 is 0. The third kappa shape index (κ3) is 1.14.